The number of aliphatic imine (C=N–C) groups is 1. The number of phenolic OH excluding ortho intramolecular Hbond substituents is 1. The average molecular weight is 690 g/mol. The summed E-state index contributed by atoms with van der Waals surface area (Å²) in [6.45, 7) is 6.39. The molecule has 4 nitrogen and oxygen atoms in total. The van der Waals surface area contributed by atoms with Gasteiger partial charge >= 0.3 is 0 Å². The first-order chi connectivity index (χ1) is 25.8. The second-order valence-electron chi connectivity index (χ2n) is 14.5. The summed E-state index contributed by atoms with van der Waals surface area (Å²) in [5.41, 5.74) is 20.0. The molecule has 3 aliphatic rings. The zero-order valence-electron chi connectivity index (χ0n) is 31.0. The molecule has 5 aromatic carbocycles. The number of aromatic hydroxyl groups is 1. The van der Waals surface area contributed by atoms with Gasteiger partial charge in [-0.1, -0.05) is 121 Å². The first-order valence-corrected chi connectivity index (χ1v) is 18.7. The Kier molecular flexibility index (Phi) is 9.18. The normalized spacial score (nSPS) is 15.2. The van der Waals surface area contributed by atoms with Crippen molar-refractivity contribution >= 4 is 36.0 Å². The maximum Gasteiger partial charge on any atom is 0.179 e. The van der Waals surface area contributed by atoms with Crippen molar-refractivity contribution in [1.29, 1.82) is 0 Å². The van der Waals surface area contributed by atoms with E-state index in [1.165, 1.54) is 50.1 Å². The number of hydrogen-bond donors (Lipinski definition) is 2. The fourth-order valence-corrected chi connectivity index (χ4v) is 8.39. The molecule has 0 atom stereocenters. The molecule has 0 radical (unpaired) electrons. The number of hydrogen-bond acceptors (Lipinski definition) is 3. The zero-order chi connectivity index (χ0) is 36.6. The van der Waals surface area contributed by atoms with Crippen LogP contribution in [0.1, 0.15) is 81.3 Å². The molecule has 3 N–H and O–H groups in total. The van der Waals surface area contributed by atoms with Crippen molar-refractivity contribution in [3.05, 3.63) is 177 Å². The second-order valence-corrected chi connectivity index (χ2v) is 14.5. The van der Waals surface area contributed by atoms with Crippen LogP contribution in [0, 0.1) is 20.8 Å². The van der Waals surface area contributed by atoms with Gasteiger partial charge in [0.2, 0.25) is 0 Å². The Balaban J connectivity index is 1.20. The van der Waals surface area contributed by atoms with Gasteiger partial charge in [0, 0.05) is 22.3 Å². The summed E-state index contributed by atoms with van der Waals surface area (Å²) >= 11 is 0. The fourth-order valence-electron chi connectivity index (χ4n) is 8.39. The van der Waals surface area contributed by atoms with Gasteiger partial charge in [-0.25, -0.2) is 4.99 Å². The molecule has 53 heavy (non-hydrogen) atoms. The van der Waals surface area contributed by atoms with Crippen LogP contribution in [0.2, 0.25) is 0 Å². The third-order valence-corrected chi connectivity index (χ3v) is 11.4. The van der Waals surface area contributed by atoms with Crippen LogP contribution in [-0.2, 0) is 6.42 Å². The quantitative estimate of drug-likeness (QED) is 0.0602. The molecule has 0 saturated carbocycles. The van der Waals surface area contributed by atoms with Crippen molar-refractivity contribution < 1.29 is 5.11 Å². The van der Waals surface area contributed by atoms with E-state index in [1.807, 2.05) is 18.2 Å². The van der Waals surface area contributed by atoms with Crippen molar-refractivity contribution in [2.75, 3.05) is 0 Å². The fraction of sp³-hybridized carbons (Fsp3) is 0.167. The molecule has 0 heterocycles. The molecule has 0 unspecified atom stereocenters. The van der Waals surface area contributed by atoms with E-state index in [0.29, 0.717) is 11.6 Å². The summed E-state index contributed by atoms with van der Waals surface area (Å²) < 4.78 is 0. The van der Waals surface area contributed by atoms with Crippen LogP contribution in [0.15, 0.2) is 131 Å². The molecule has 260 valence electrons. The van der Waals surface area contributed by atoms with E-state index >= 15 is 0 Å². The van der Waals surface area contributed by atoms with E-state index in [4.69, 9.17) is 10.8 Å². The smallest absolute Gasteiger partial charge is 0.179 e. The Bertz CT molecular complexity index is 2440. The lowest BCUT2D eigenvalue weighted by Gasteiger charge is -2.20. The molecular formula is C48H44BN3O. The summed E-state index contributed by atoms with van der Waals surface area (Å²) in [6, 6.07) is 29.9. The highest BCUT2D eigenvalue weighted by molar-refractivity contribution is 6.41. The van der Waals surface area contributed by atoms with Crippen LogP contribution in [0.25, 0.3) is 33.4 Å². The molecule has 0 amide bonds. The topological polar surface area (TPSA) is 71.0 Å². The highest BCUT2D eigenvalue weighted by Gasteiger charge is 2.30. The van der Waals surface area contributed by atoms with Gasteiger partial charge in [0.1, 0.15) is 13.6 Å². The molecule has 0 aromatic heterocycles. The molecule has 0 fully saturated rings. The van der Waals surface area contributed by atoms with E-state index in [0.717, 1.165) is 82.2 Å². The number of rotatable bonds is 6. The monoisotopic (exact) mass is 689 g/mol. The van der Waals surface area contributed by atoms with Crippen LogP contribution >= 0.6 is 0 Å². The first-order valence-electron chi connectivity index (χ1n) is 18.7. The number of benzene rings is 5. The molecule has 0 bridgehead atoms. The van der Waals surface area contributed by atoms with E-state index in [9.17, 15) is 5.11 Å². The van der Waals surface area contributed by atoms with Crippen molar-refractivity contribution in [2.24, 2.45) is 15.9 Å². The van der Waals surface area contributed by atoms with Crippen LogP contribution in [0.3, 0.4) is 0 Å². The maximum absolute atomic E-state index is 11.7. The molecular weight excluding hydrogens is 645 g/mol. The third kappa shape index (κ3) is 6.20. The Morgan fingerprint density at radius 1 is 0.679 bits per heavy atom. The maximum atomic E-state index is 11.7. The van der Waals surface area contributed by atoms with Crippen molar-refractivity contribution in [3.8, 4) is 28.0 Å². The zero-order valence-corrected chi connectivity index (χ0v) is 31.0. The summed E-state index contributed by atoms with van der Waals surface area (Å²) in [5.74, 6) is 7.07. The summed E-state index contributed by atoms with van der Waals surface area (Å²) in [5, 5.41) is 16.0. The van der Waals surface area contributed by atoms with Crippen molar-refractivity contribution in [2.45, 2.75) is 52.9 Å². The highest BCUT2D eigenvalue weighted by atomic mass is 16.3. The Morgan fingerprint density at radius 2 is 1.26 bits per heavy atom. The molecule has 0 aliphatic heterocycles. The van der Waals surface area contributed by atoms with E-state index in [2.05, 4.69) is 137 Å². The van der Waals surface area contributed by atoms with E-state index in [1.54, 1.807) is 0 Å². The summed E-state index contributed by atoms with van der Waals surface area (Å²) in [6.07, 6.45) is 18.1. The SMILES string of the molecule is Bc1c(-c2ccc(C3=CC=CCC3)cc2)c(O)c(C)c2c1-c1c(cc(C(/N=C(/c3ccccc3)c3ccc(C4=CC=CCC4)cc3)=N/N)c(C)c1C)C2. The standard InChI is InChI=1S/C48H44BN3O/c1-29-30(2)42-39(27-40-31(3)47(53)43(45(49)44(40)42)36-23-19-34(20-24-36)32-13-7-4-8-14-32)28-41(29)48(52-50)51-46(37-17-11-6-12-18-37)38-25-21-35(22-26-38)33-15-9-5-10-16-33/h4-7,9,11-13,15,17-26,28,53H,8,10,14,16,27,49-50H2,1-3H3/b51-46-,52-48-. The highest BCUT2D eigenvalue weighted by Crippen LogP contribution is 2.46. The van der Waals surface area contributed by atoms with E-state index in [-0.39, 0.29) is 0 Å². The van der Waals surface area contributed by atoms with Crippen LogP contribution in [-0.4, -0.2) is 24.5 Å². The number of fused-ring (bicyclic) bond motifs is 3. The molecule has 3 aliphatic carbocycles. The van der Waals surface area contributed by atoms with Gasteiger partial charge in [-0.3, -0.25) is 0 Å². The lowest BCUT2D eigenvalue weighted by molar-refractivity contribution is 0.473. The predicted molar refractivity (Wildman–Crippen MR) is 226 cm³/mol. The lowest BCUT2D eigenvalue weighted by Crippen LogP contribution is -2.15. The first kappa shape index (κ1) is 34.2. The van der Waals surface area contributed by atoms with Crippen molar-refractivity contribution in [1.82, 2.24) is 0 Å². The number of nitrogens with two attached hydrogens (primary N) is 1. The van der Waals surface area contributed by atoms with Crippen LogP contribution < -0.4 is 11.3 Å². The average Bonchev–Trinajstić information content (AvgIpc) is 3.61. The minimum absolute atomic E-state index is 0.361. The molecule has 0 spiro atoms. The van der Waals surface area contributed by atoms with E-state index < -0.39 is 0 Å². The van der Waals surface area contributed by atoms with Gasteiger partial charge in [-0.05, 0) is 126 Å². The van der Waals surface area contributed by atoms with Gasteiger partial charge in [-0.2, -0.15) is 5.10 Å². The molecule has 5 aromatic rings. The largest absolute Gasteiger partial charge is 0.507 e. The Labute approximate surface area is 313 Å². The molecule has 8 rings (SSSR count). The number of allylic oxidation sites excluding steroid dienone is 8. The molecule has 0 saturated heterocycles. The van der Waals surface area contributed by atoms with Gasteiger partial charge in [0.15, 0.2) is 5.84 Å². The Morgan fingerprint density at radius 3 is 1.85 bits per heavy atom. The minimum Gasteiger partial charge on any atom is -0.507 e. The van der Waals surface area contributed by atoms with Crippen LogP contribution in [0.4, 0.5) is 0 Å². The number of amidine groups is 1. The predicted octanol–water partition coefficient (Wildman–Crippen LogP) is 9.44. The number of nitrogens with zero attached hydrogens (tertiary/aromatic N) is 2. The molecule has 5 heteroatoms. The second kappa shape index (κ2) is 14.2. The lowest BCUT2D eigenvalue weighted by atomic mass is 9.77. The minimum atomic E-state index is 0.361. The number of phenols is 1. The third-order valence-electron chi connectivity index (χ3n) is 11.4. The number of hydrazone groups is 1. The summed E-state index contributed by atoms with van der Waals surface area (Å²) in [4.78, 5) is 5.24. The van der Waals surface area contributed by atoms with Gasteiger partial charge in [-0.15, -0.1) is 0 Å². The van der Waals surface area contributed by atoms with Gasteiger partial charge in [0.25, 0.3) is 0 Å². The van der Waals surface area contributed by atoms with Gasteiger partial charge < -0.3 is 10.9 Å². The Hall–Kier alpha value is -5.94. The van der Waals surface area contributed by atoms with Gasteiger partial charge in [0.05, 0.1) is 5.71 Å². The van der Waals surface area contributed by atoms with Crippen LogP contribution in [0.5, 0.6) is 5.75 Å². The summed E-state index contributed by atoms with van der Waals surface area (Å²) in [7, 11) is 2.16. The van der Waals surface area contributed by atoms with Crippen molar-refractivity contribution in [3.63, 3.8) is 0 Å².